The van der Waals surface area contributed by atoms with Crippen molar-refractivity contribution in [1.82, 2.24) is 14.7 Å². The van der Waals surface area contributed by atoms with Crippen molar-refractivity contribution in [2.75, 3.05) is 19.7 Å². The Hall–Kier alpha value is -3.61. The average Bonchev–Trinajstić information content (AvgIpc) is 3.45. The summed E-state index contributed by atoms with van der Waals surface area (Å²) in [5.41, 5.74) is 7.29. The molecule has 0 radical (unpaired) electrons. The zero-order chi connectivity index (χ0) is 23.3. The van der Waals surface area contributed by atoms with E-state index < -0.39 is 18.0 Å². The number of hydrogen-bond donors (Lipinski definition) is 1. The molecule has 1 aliphatic carbocycles. The van der Waals surface area contributed by atoms with Crippen molar-refractivity contribution in [3.63, 3.8) is 0 Å². The van der Waals surface area contributed by atoms with Gasteiger partial charge in [0.25, 0.3) is 0 Å². The predicted molar refractivity (Wildman–Crippen MR) is 123 cm³/mol. The zero-order valence-electron chi connectivity index (χ0n) is 19.0. The molecule has 33 heavy (non-hydrogen) atoms. The minimum atomic E-state index is -0.906. The number of carboxylic acids is 1. The number of hydrogen-bond acceptors (Lipinski definition) is 4. The summed E-state index contributed by atoms with van der Waals surface area (Å²) < 4.78 is 7.54. The van der Waals surface area contributed by atoms with Gasteiger partial charge in [-0.15, -0.1) is 0 Å². The molecule has 2 aromatic carbocycles. The Kier molecular flexibility index (Phi) is 5.19. The van der Waals surface area contributed by atoms with Crippen LogP contribution in [-0.2, 0) is 16.6 Å². The molecule has 170 valence electrons. The molecule has 1 amide bonds. The standard InChI is InChI=1S/C26H27N3O4/c1-15-24(16(2)28(3)27-15)21-12-29(13-22(21)25(30)31)26(32)33-14-23-19-10-6-4-8-17(19)18-9-5-7-11-20(18)23/h4-11,21-23H,12-14H2,1-3H3,(H,30,31). The van der Waals surface area contributed by atoms with E-state index in [0.29, 0.717) is 6.54 Å². The highest BCUT2D eigenvalue weighted by Crippen LogP contribution is 2.44. The van der Waals surface area contributed by atoms with E-state index in [0.717, 1.165) is 28.1 Å². The highest BCUT2D eigenvalue weighted by Gasteiger charge is 2.43. The van der Waals surface area contributed by atoms with Crippen molar-refractivity contribution in [3.05, 3.63) is 76.6 Å². The number of aromatic nitrogens is 2. The molecule has 2 atom stereocenters. The van der Waals surface area contributed by atoms with E-state index in [-0.39, 0.29) is 25.0 Å². The third-order valence-corrected chi connectivity index (χ3v) is 7.17. The lowest BCUT2D eigenvalue weighted by molar-refractivity contribution is -0.141. The van der Waals surface area contributed by atoms with Crippen LogP contribution >= 0.6 is 0 Å². The van der Waals surface area contributed by atoms with E-state index in [1.807, 2.05) is 45.2 Å². The largest absolute Gasteiger partial charge is 0.481 e. The number of likely N-dealkylation sites (tertiary alicyclic amines) is 1. The number of nitrogens with zero attached hydrogens (tertiary/aromatic N) is 3. The number of ether oxygens (including phenoxy) is 1. The summed E-state index contributed by atoms with van der Waals surface area (Å²) >= 11 is 0. The lowest BCUT2D eigenvalue weighted by Gasteiger charge is -2.19. The Morgan fingerprint density at radius 2 is 1.64 bits per heavy atom. The summed E-state index contributed by atoms with van der Waals surface area (Å²) in [5.74, 6) is -1.93. The first-order valence-corrected chi connectivity index (χ1v) is 11.2. The number of amides is 1. The van der Waals surface area contributed by atoms with Crippen molar-refractivity contribution < 1.29 is 19.4 Å². The molecule has 2 heterocycles. The summed E-state index contributed by atoms with van der Waals surface area (Å²) in [7, 11) is 1.85. The van der Waals surface area contributed by atoms with Gasteiger partial charge < -0.3 is 14.7 Å². The molecule has 2 aliphatic rings. The van der Waals surface area contributed by atoms with Crippen molar-refractivity contribution in [1.29, 1.82) is 0 Å². The van der Waals surface area contributed by atoms with Crippen molar-refractivity contribution >= 4 is 12.1 Å². The number of carboxylic acid groups (broad SMARTS) is 1. The fourth-order valence-electron chi connectivity index (χ4n) is 5.51. The lowest BCUT2D eigenvalue weighted by Crippen LogP contribution is -2.31. The van der Waals surface area contributed by atoms with Crippen LogP contribution in [0.4, 0.5) is 4.79 Å². The van der Waals surface area contributed by atoms with E-state index in [9.17, 15) is 14.7 Å². The Morgan fingerprint density at radius 3 is 2.18 bits per heavy atom. The number of fused-ring (bicyclic) bond motifs is 3. The Bertz CT molecular complexity index is 1200. The zero-order valence-corrected chi connectivity index (χ0v) is 19.0. The first-order valence-electron chi connectivity index (χ1n) is 11.2. The fourth-order valence-corrected chi connectivity index (χ4v) is 5.51. The Morgan fingerprint density at radius 1 is 1.03 bits per heavy atom. The van der Waals surface area contributed by atoms with E-state index in [2.05, 4.69) is 29.4 Å². The van der Waals surface area contributed by atoms with E-state index in [1.165, 1.54) is 16.0 Å². The van der Waals surface area contributed by atoms with Crippen LogP contribution in [0.1, 0.15) is 39.9 Å². The molecule has 1 saturated heterocycles. The van der Waals surface area contributed by atoms with Gasteiger partial charge in [-0.2, -0.15) is 5.10 Å². The average molecular weight is 446 g/mol. The molecule has 1 N–H and O–H groups in total. The maximum atomic E-state index is 13.0. The van der Waals surface area contributed by atoms with Crippen molar-refractivity contribution in [2.45, 2.75) is 25.7 Å². The number of aliphatic carboxylic acids is 1. The third kappa shape index (κ3) is 3.48. The van der Waals surface area contributed by atoms with Gasteiger partial charge in [0.15, 0.2) is 0 Å². The van der Waals surface area contributed by atoms with Crippen LogP contribution in [0, 0.1) is 19.8 Å². The fraction of sp³-hybridized carbons (Fsp3) is 0.346. The highest BCUT2D eigenvalue weighted by molar-refractivity contribution is 5.79. The van der Waals surface area contributed by atoms with Gasteiger partial charge in [-0.25, -0.2) is 4.79 Å². The molecule has 5 rings (SSSR count). The molecule has 1 fully saturated rings. The van der Waals surface area contributed by atoms with Crippen LogP contribution < -0.4 is 0 Å². The minimum absolute atomic E-state index is 0.0298. The molecule has 1 aromatic heterocycles. The van der Waals surface area contributed by atoms with Gasteiger partial charge in [0, 0.05) is 43.2 Å². The topological polar surface area (TPSA) is 84.7 Å². The minimum Gasteiger partial charge on any atom is -0.481 e. The first kappa shape index (κ1) is 21.2. The number of benzene rings is 2. The van der Waals surface area contributed by atoms with Gasteiger partial charge in [0.1, 0.15) is 6.61 Å². The van der Waals surface area contributed by atoms with Gasteiger partial charge in [0.2, 0.25) is 0 Å². The van der Waals surface area contributed by atoms with Crippen LogP contribution in [0.3, 0.4) is 0 Å². The summed E-state index contributed by atoms with van der Waals surface area (Å²) in [6, 6.07) is 16.4. The van der Waals surface area contributed by atoms with Gasteiger partial charge in [-0.1, -0.05) is 48.5 Å². The van der Waals surface area contributed by atoms with Crippen molar-refractivity contribution in [3.8, 4) is 11.1 Å². The van der Waals surface area contributed by atoms with Gasteiger partial charge in [0.05, 0.1) is 11.6 Å². The van der Waals surface area contributed by atoms with Crippen LogP contribution in [0.5, 0.6) is 0 Å². The maximum absolute atomic E-state index is 13.0. The summed E-state index contributed by atoms with van der Waals surface area (Å²) in [5, 5.41) is 14.3. The van der Waals surface area contributed by atoms with Crippen molar-refractivity contribution in [2.24, 2.45) is 13.0 Å². The Labute approximate surface area is 192 Å². The second-order valence-electron chi connectivity index (χ2n) is 8.97. The molecule has 2 unspecified atom stereocenters. The number of rotatable bonds is 4. The molecule has 7 heteroatoms. The predicted octanol–water partition coefficient (Wildman–Crippen LogP) is 4.09. The quantitative estimate of drug-likeness (QED) is 0.654. The molecule has 0 bridgehead atoms. The van der Waals surface area contributed by atoms with E-state index in [1.54, 1.807) is 4.68 Å². The second kappa shape index (κ2) is 8.06. The van der Waals surface area contributed by atoms with Crippen LogP contribution in [-0.4, -0.2) is 51.5 Å². The molecule has 0 saturated carbocycles. The normalized spacial score (nSPS) is 19.4. The molecule has 1 aliphatic heterocycles. The number of carbonyl (C=O) groups excluding carboxylic acids is 1. The summed E-state index contributed by atoms with van der Waals surface area (Å²) in [4.78, 5) is 26.6. The molecule has 3 aromatic rings. The second-order valence-corrected chi connectivity index (χ2v) is 8.97. The maximum Gasteiger partial charge on any atom is 0.409 e. The molecule has 0 spiro atoms. The van der Waals surface area contributed by atoms with Crippen LogP contribution in [0.15, 0.2) is 48.5 Å². The molecule has 7 nitrogen and oxygen atoms in total. The Balaban J connectivity index is 1.34. The van der Waals surface area contributed by atoms with Gasteiger partial charge >= 0.3 is 12.1 Å². The molecular weight excluding hydrogens is 418 g/mol. The number of aryl methyl sites for hydroxylation is 2. The smallest absolute Gasteiger partial charge is 0.409 e. The highest BCUT2D eigenvalue weighted by atomic mass is 16.6. The van der Waals surface area contributed by atoms with E-state index >= 15 is 0 Å². The lowest BCUT2D eigenvalue weighted by atomic mass is 9.88. The summed E-state index contributed by atoms with van der Waals surface area (Å²) in [6.07, 6.45) is -0.468. The van der Waals surface area contributed by atoms with Gasteiger partial charge in [-0.05, 0) is 36.1 Å². The molecular formula is C26H27N3O4. The SMILES string of the molecule is Cc1nn(C)c(C)c1C1CN(C(=O)OCC2c3ccccc3-c3ccccc32)CC1C(=O)O. The van der Waals surface area contributed by atoms with Gasteiger partial charge in [-0.3, -0.25) is 9.48 Å². The first-order chi connectivity index (χ1) is 15.9. The van der Waals surface area contributed by atoms with E-state index in [4.69, 9.17) is 4.74 Å². The van der Waals surface area contributed by atoms with Crippen LogP contribution in [0.25, 0.3) is 11.1 Å². The monoisotopic (exact) mass is 445 g/mol. The summed E-state index contributed by atoms with van der Waals surface area (Å²) in [6.45, 7) is 4.48. The number of carbonyl (C=O) groups is 2. The van der Waals surface area contributed by atoms with Crippen LogP contribution in [0.2, 0.25) is 0 Å². The third-order valence-electron chi connectivity index (χ3n) is 7.17.